The van der Waals surface area contributed by atoms with Gasteiger partial charge in [-0.2, -0.15) is 0 Å². The van der Waals surface area contributed by atoms with Gasteiger partial charge in [0.25, 0.3) is 0 Å². The molecular formula is C12H17N3O3. The third-order valence-electron chi connectivity index (χ3n) is 3.14. The summed E-state index contributed by atoms with van der Waals surface area (Å²) in [7, 11) is 0. The van der Waals surface area contributed by atoms with Crippen LogP contribution in [0.1, 0.15) is 18.4 Å². The fraction of sp³-hybridized carbons (Fsp3) is 0.500. The van der Waals surface area contributed by atoms with Gasteiger partial charge in [0.05, 0.1) is 12.2 Å². The number of carbonyl (C=O) groups is 1. The Balaban J connectivity index is 1.97. The van der Waals surface area contributed by atoms with E-state index in [1.807, 2.05) is 0 Å². The molecule has 1 aliphatic rings. The van der Waals surface area contributed by atoms with E-state index < -0.39 is 6.09 Å². The molecule has 1 atom stereocenters. The summed E-state index contributed by atoms with van der Waals surface area (Å²) >= 11 is 0. The van der Waals surface area contributed by atoms with E-state index in [4.69, 9.17) is 15.6 Å². The fourth-order valence-electron chi connectivity index (χ4n) is 2.15. The van der Waals surface area contributed by atoms with Gasteiger partial charge in [-0.15, -0.1) is 0 Å². The van der Waals surface area contributed by atoms with E-state index in [9.17, 15) is 4.79 Å². The molecule has 1 saturated heterocycles. The number of hydrogen-bond donors (Lipinski definition) is 2. The van der Waals surface area contributed by atoms with E-state index in [-0.39, 0.29) is 6.04 Å². The van der Waals surface area contributed by atoms with Crippen LogP contribution in [0.25, 0.3) is 0 Å². The second-order valence-corrected chi connectivity index (χ2v) is 4.27. The summed E-state index contributed by atoms with van der Waals surface area (Å²) < 4.78 is 5.64. The minimum Gasteiger partial charge on any atom is -0.489 e. The van der Waals surface area contributed by atoms with E-state index in [0.717, 1.165) is 18.4 Å². The second kappa shape index (κ2) is 5.68. The molecule has 0 aliphatic carbocycles. The molecule has 1 aromatic rings. The normalized spacial score (nSPS) is 18.9. The first-order chi connectivity index (χ1) is 8.72. The maximum Gasteiger partial charge on any atom is 0.407 e. The first-order valence-corrected chi connectivity index (χ1v) is 5.97. The van der Waals surface area contributed by atoms with Crippen LogP contribution in [-0.4, -0.2) is 40.3 Å². The number of nitrogens with zero attached hydrogens (tertiary/aromatic N) is 2. The zero-order chi connectivity index (χ0) is 13.0. The van der Waals surface area contributed by atoms with Crippen LogP contribution in [0.15, 0.2) is 18.5 Å². The van der Waals surface area contributed by atoms with Gasteiger partial charge in [0.1, 0.15) is 12.4 Å². The Morgan fingerprint density at radius 2 is 2.50 bits per heavy atom. The lowest BCUT2D eigenvalue weighted by molar-refractivity contribution is 0.123. The molecule has 0 bridgehead atoms. The minimum absolute atomic E-state index is 0.0756. The number of likely N-dealkylation sites (tertiary alicyclic amines) is 1. The Morgan fingerprint density at radius 1 is 1.67 bits per heavy atom. The molecule has 1 fully saturated rings. The van der Waals surface area contributed by atoms with Gasteiger partial charge in [-0.05, 0) is 18.9 Å². The summed E-state index contributed by atoms with van der Waals surface area (Å²) in [5, 5.41) is 9.02. The van der Waals surface area contributed by atoms with Gasteiger partial charge in [0, 0.05) is 24.8 Å². The highest BCUT2D eigenvalue weighted by atomic mass is 16.5. The Hall–Kier alpha value is -1.82. The maximum absolute atomic E-state index is 11.0. The molecule has 0 aromatic carbocycles. The van der Waals surface area contributed by atoms with E-state index in [1.54, 1.807) is 18.5 Å². The number of pyridine rings is 1. The molecule has 2 heterocycles. The third kappa shape index (κ3) is 2.70. The van der Waals surface area contributed by atoms with Crippen molar-refractivity contribution in [3.63, 3.8) is 0 Å². The van der Waals surface area contributed by atoms with E-state index in [0.29, 0.717) is 25.4 Å². The van der Waals surface area contributed by atoms with Crippen LogP contribution in [0, 0.1) is 0 Å². The molecule has 0 saturated carbocycles. The van der Waals surface area contributed by atoms with Gasteiger partial charge in [-0.1, -0.05) is 0 Å². The van der Waals surface area contributed by atoms with Gasteiger partial charge in [0.2, 0.25) is 0 Å². The van der Waals surface area contributed by atoms with E-state index >= 15 is 0 Å². The summed E-state index contributed by atoms with van der Waals surface area (Å²) in [4.78, 5) is 16.4. The molecule has 1 unspecified atom stereocenters. The predicted molar refractivity (Wildman–Crippen MR) is 65.4 cm³/mol. The largest absolute Gasteiger partial charge is 0.489 e. The molecule has 18 heavy (non-hydrogen) atoms. The number of carboxylic acid groups (broad SMARTS) is 1. The van der Waals surface area contributed by atoms with Crippen LogP contribution in [0.2, 0.25) is 0 Å². The van der Waals surface area contributed by atoms with Crippen LogP contribution >= 0.6 is 0 Å². The molecule has 0 spiro atoms. The molecule has 3 N–H and O–H groups in total. The number of rotatable bonds is 4. The monoisotopic (exact) mass is 251 g/mol. The molecule has 98 valence electrons. The van der Waals surface area contributed by atoms with Crippen molar-refractivity contribution in [3.8, 4) is 5.75 Å². The summed E-state index contributed by atoms with van der Waals surface area (Å²) in [6.45, 7) is 1.32. The summed E-state index contributed by atoms with van der Waals surface area (Å²) in [5.41, 5.74) is 6.48. The lowest BCUT2D eigenvalue weighted by atomic mass is 10.2. The smallest absolute Gasteiger partial charge is 0.407 e. The van der Waals surface area contributed by atoms with Crippen molar-refractivity contribution in [1.82, 2.24) is 9.88 Å². The van der Waals surface area contributed by atoms with Crippen LogP contribution in [0.3, 0.4) is 0 Å². The average Bonchev–Trinajstić information content (AvgIpc) is 2.85. The van der Waals surface area contributed by atoms with Gasteiger partial charge < -0.3 is 20.5 Å². The number of hydrogen-bond acceptors (Lipinski definition) is 4. The number of amides is 1. The lowest BCUT2D eigenvalue weighted by Gasteiger charge is -2.22. The van der Waals surface area contributed by atoms with Crippen molar-refractivity contribution in [2.75, 3.05) is 13.2 Å². The average molecular weight is 251 g/mol. The molecule has 1 aliphatic heterocycles. The Morgan fingerprint density at radius 3 is 3.22 bits per heavy atom. The SMILES string of the molecule is NCc1ccncc1OCC1CCCN1C(=O)O. The van der Waals surface area contributed by atoms with Gasteiger partial charge in [0.15, 0.2) is 0 Å². The van der Waals surface area contributed by atoms with Crippen LogP contribution in [0.5, 0.6) is 5.75 Å². The van der Waals surface area contributed by atoms with Gasteiger partial charge in [-0.3, -0.25) is 4.98 Å². The van der Waals surface area contributed by atoms with Crippen molar-refractivity contribution in [2.24, 2.45) is 5.73 Å². The fourth-order valence-corrected chi connectivity index (χ4v) is 2.15. The van der Waals surface area contributed by atoms with E-state index in [1.165, 1.54) is 4.90 Å². The minimum atomic E-state index is -0.883. The van der Waals surface area contributed by atoms with Gasteiger partial charge in [-0.25, -0.2) is 4.79 Å². The topological polar surface area (TPSA) is 88.7 Å². The number of nitrogens with two attached hydrogens (primary N) is 1. The molecule has 2 rings (SSSR count). The quantitative estimate of drug-likeness (QED) is 0.835. The van der Waals surface area contributed by atoms with Crippen molar-refractivity contribution < 1.29 is 14.6 Å². The molecule has 6 heteroatoms. The van der Waals surface area contributed by atoms with Crippen molar-refractivity contribution in [1.29, 1.82) is 0 Å². The standard InChI is InChI=1S/C12H17N3O3/c13-6-9-3-4-14-7-11(9)18-8-10-2-1-5-15(10)12(16)17/h3-4,7,10H,1-2,5-6,8,13H2,(H,16,17). The zero-order valence-electron chi connectivity index (χ0n) is 10.1. The van der Waals surface area contributed by atoms with Crippen molar-refractivity contribution in [2.45, 2.75) is 25.4 Å². The molecule has 6 nitrogen and oxygen atoms in total. The van der Waals surface area contributed by atoms with E-state index in [2.05, 4.69) is 4.98 Å². The highest BCUT2D eigenvalue weighted by Crippen LogP contribution is 2.20. The maximum atomic E-state index is 11.0. The molecule has 1 aromatic heterocycles. The highest BCUT2D eigenvalue weighted by Gasteiger charge is 2.29. The van der Waals surface area contributed by atoms with Crippen LogP contribution in [-0.2, 0) is 6.54 Å². The first kappa shape index (κ1) is 12.6. The Kier molecular flexibility index (Phi) is 3.99. The van der Waals surface area contributed by atoms with Crippen LogP contribution in [0.4, 0.5) is 4.79 Å². The first-order valence-electron chi connectivity index (χ1n) is 5.97. The molecular weight excluding hydrogens is 234 g/mol. The summed E-state index contributed by atoms with van der Waals surface area (Å²) in [6, 6.07) is 1.73. The van der Waals surface area contributed by atoms with Gasteiger partial charge >= 0.3 is 6.09 Å². The summed E-state index contributed by atoms with van der Waals surface area (Å²) in [5.74, 6) is 0.636. The molecule has 1 amide bonds. The van der Waals surface area contributed by atoms with Crippen molar-refractivity contribution in [3.05, 3.63) is 24.0 Å². The second-order valence-electron chi connectivity index (χ2n) is 4.27. The van der Waals surface area contributed by atoms with Crippen molar-refractivity contribution >= 4 is 6.09 Å². The summed E-state index contributed by atoms with van der Waals surface area (Å²) in [6.07, 6.45) is 4.12. The van der Waals surface area contributed by atoms with Crippen LogP contribution < -0.4 is 10.5 Å². The molecule has 0 radical (unpaired) electrons. The third-order valence-corrected chi connectivity index (χ3v) is 3.14. The highest BCUT2D eigenvalue weighted by molar-refractivity contribution is 5.65. The Bertz CT molecular complexity index is 425. The lowest BCUT2D eigenvalue weighted by Crippen LogP contribution is -2.38. The zero-order valence-corrected chi connectivity index (χ0v) is 10.1. The predicted octanol–water partition coefficient (Wildman–Crippen LogP) is 1.06. The Labute approximate surface area is 105 Å². The number of ether oxygens (including phenoxy) is 1. The number of aromatic nitrogens is 1.